The Morgan fingerprint density at radius 1 is 0.824 bits per heavy atom. The largest absolute Gasteiger partial charge is 0.495 e. The smallest absolute Gasteiger partial charge is 0.410 e. The van der Waals surface area contributed by atoms with Crippen LogP contribution in [0.1, 0.15) is 114 Å². The number of carbonyl (C=O) groups excluding carboxylic acids is 4. The van der Waals surface area contributed by atoms with Crippen LogP contribution >= 0.6 is 0 Å². The van der Waals surface area contributed by atoms with Gasteiger partial charge < -0.3 is 43.3 Å². The lowest BCUT2D eigenvalue weighted by molar-refractivity contribution is -0.120. The number of rotatable bonds is 16. The van der Waals surface area contributed by atoms with E-state index in [1.165, 1.54) is 50.9 Å². The number of aryl methyl sites for hydroxylation is 1. The molecule has 2 unspecified atom stereocenters. The zero-order valence-electron chi connectivity index (χ0n) is 50.0. The molecule has 2 saturated carbocycles. The lowest BCUT2D eigenvalue weighted by Crippen LogP contribution is -2.57. The molecule has 5 aromatic rings. The highest BCUT2D eigenvalue weighted by Crippen LogP contribution is 2.49. The van der Waals surface area contributed by atoms with Crippen molar-refractivity contribution < 1.29 is 51.6 Å². The van der Waals surface area contributed by atoms with Gasteiger partial charge in [-0.1, -0.05) is 13.0 Å². The Hall–Kier alpha value is -6.97. The van der Waals surface area contributed by atoms with Crippen molar-refractivity contribution in [3.05, 3.63) is 71.4 Å². The molecule has 7 aliphatic rings. The van der Waals surface area contributed by atoms with Crippen LogP contribution in [-0.4, -0.2) is 176 Å². The average Bonchev–Trinajstić information content (AvgIpc) is 2.53. The van der Waals surface area contributed by atoms with Crippen LogP contribution in [0.15, 0.2) is 48.7 Å². The normalized spacial score (nSPS) is 21.9. The number of benzene rings is 3. The Morgan fingerprint density at radius 2 is 1.55 bits per heavy atom. The van der Waals surface area contributed by atoms with E-state index in [0.717, 1.165) is 77.8 Å². The predicted molar refractivity (Wildman–Crippen MR) is 317 cm³/mol. The first-order valence-corrected chi connectivity index (χ1v) is 30.6. The van der Waals surface area contributed by atoms with E-state index in [0.29, 0.717) is 101 Å². The number of halogens is 2. The molecule has 5 amide bonds. The lowest BCUT2D eigenvalue weighted by atomic mass is 9.65. The molecular formula is C64H80F2N10O9. The summed E-state index contributed by atoms with van der Waals surface area (Å²) in [5.41, 5.74) is 1.35. The number of nitrogens with zero attached hydrogens (tertiary/aromatic N) is 9. The molecule has 2 bridgehead atoms. The number of piperazine rings is 2. The highest BCUT2D eigenvalue weighted by molar-refractivity contribution is 6.07. The Labute approximate surface area is 495 Å². The third kappa shape index (κ3) is 12.1. The van der Waals surface area contributed by atoms with Crippen LogP contribution in [0.3, 0.4) is 0 Å². The standard InChI is InChI=1S/C64H80F2N10O9/c1-7-46-49(65)12-8-41-30-45(84-39-81-5)32-47(53(41)46)55-54(66)56-48(33-67-55)57(74-35-43-10-11-44(36-74)76(43)61(80)85-62(2,3)4)70-59(69-56)83-38-64(19-20-64)37-72-28-26-71(27-29-72)34-40-14-17-63(18-15-40)21-24-73(25-22-63)58(78)42-9-13-51(82-6)50(31-42)75-23-16-52(77)68-60(75)79/h8-9,12-13,30-33,40,43-44H,7,10-11,14-29,34-39H2,1-6H3,(H,68,77,79). The highest BCUT2D eigenvalue weighted by Gasteiger charge is 2.48. The quantitative estimate of drug-likeness (QED) is 0.0921. The fraction of sp³-hybridized carbons (Fsp3) is 0.578. The van der Waals surface area contributed by atoms with Crippen LogP contribution < -0.4 is 29.3 Å². The van der Waals surface area contributed by atoms with Crippen molar-refractivity contribution in [3.63, 3.8) is 0 Å². The summed E-state index contributed by atoms with van der Waals surface area (Å²) >= 11 is 0. The van der Waals surface area contributed by atoms with E-state index < -0.39 is 23.3 Å². The van der Waals surface area contributed by atoms with E-state index in [4.69, 9.17) is 38.6 Å². The van der Waals surface area contributed by atoms with Gasteiger partial charge in [-0.25, -0.2) is 18.4 Å². The second-order valence-electron chi connectivity index (χ2n) is 25.9. The van der Waals surface area contributed by atoms with Crippen LogP contribution in [0, 0.1) is 28.4 Å². The molecular weight excluding hydrogens is 1090 g/mol. The molecule has 454 valence electrons. The minimum absolute atomic E-state index is 0.00144. The van der Waals surface area contributed by atoms with Crippen molar-refractivity contribution in [1.29, 1.82) is 0 Å². The topological polar surface area (TPSA) is 185 Å². The number of amides is 5. The highest BCUT2D eigenvalue weighted by atomic mass is 19.1. The number of piperidine rings is 1. The van der Waals surface area contributed by atoms with Gasteiger partial charge in [-0.3, -0.25) is 29.7 Å². The predicted octanol–water partition coefficient (Wildman–Crippen LogP) is 9.60. The van der Waals surface area contributed by atoms with Crippen LogP contribution in [0.2, 0.25) is 0 Å². The van der Waals surface area contributed by atoms with Gasteiger partial charge in [0.2, 0.25) is 5.91 Å². The van der Waals surface area contributed by atoms with Crippen molar-refractivity contribution in [3.8, 4) is 28.8 Å². The lowest BCUT2D eigenvalue weighted by Gasteiger charge is -2.47. The monoisotopic (exact) mass is 1170 g/mol. The minimum atomic E-state index is -0.686. The summed E-state index contributed by atoms with van der Waals surface area (Å²) < 4.78 is 62.4. The van der Waals surface area contributed by atoms with E-state index in [1.54, 1.807) is 42.6 Å². The third-order valence-corrected chi connectivity index (χ3v) is 19.2. The van der Waals surface area contributed by atoms with Gasteiger partial charge in [-0.05, 0) is 155 Å². The summed E-state index contributed by atoms with van der Waals surface area (Å²) in [7, 11) is 3.05. The van der Waals surface area contributed by atoms with E-state index in [2.05, 4.69) is 20.0 Å². The van der Waals surface area contributed by atoms with Gasteiger partial charge in [0, 0.05) is 108 Å². The number of aromatic nitrogens is 3. The Balaban J connectivity index is 0.689. The van der Waals surface area contributed by atoms with Gasteiger partial charge in [-0.15, -0.1) is 0 Å². The Kier molecular flexibility index (Phi) is 16.3. The van der Waals surface area contributed by atoms with Gasteiger partial charge in [0.05, 0.1) is 36.9 Å². The zero-order chi connectivity index (χ0) is 59.4. The van der Waals surface area contributed by atoms with Gasteiger partial charge in [0.15, 0.2) is 12.6 Å². The SMILES string of the molecule is CCc1c(F)ccc2cc(OCOC)cc(-c3ncc4c(N5CC6CCC(C5)N6C(=O)OC(C)(C)C)nc(OCC5(CN6CCN(CC7CCC8(CC7)CCN(C(=O)c7ccc(OC)c(N9CCC(=O)NC9=O)c7)CC8)CC6)CC5)nc4c3F)c12. The fourth-order valence-corrected chi connectivity index (χ4v) is 14.3. The molecule has 12 rings (SSSR count). The van der Waals surface area contributed by atoms with Crippen molar-refractivity contribution in [2.45, 2.75) is 122 Å². The number of nitrogens with one attached hydrogen (secondary N) is 1. The maximum atomic E-state index is 17.8. The number of ether oxygens (including phenoxy) is 5. The van der Waals surface area contributed by atoms with Crippen LogP contribution in [0.4, 0.5) is 29.9 Å². The second-order valence-corrected chi connectivity index (χ2v) is 25.9. The zero-order valence-corrected chi connectivity index (χ0v) is 50.0. The first kappa shape index (κ1) is 58.4. The molecule has 21 heteroatoms. The minimum Gasteiger partial charge on any atom is -0.495 e. The number of carbonyl (C=O) groups is 4. The summed E-state index contributed by atoms with van der Waals surface area (Å²) in [6.07, 6.45) is 12.1. The number of hydrogen-bond donors (Lipinski definition) is 1. The molecule has 2 aliphatic carbocycles. The number of urea groups is 1. The first-order chi connectivity index (χ1) is 40.9. The summed E-state index contributed by atoms with van der Waals surface area (Å²) in [5.74, 6) is 0.567. The van der Waals surface area contributed by atoms with Gasteiger partial charge >= 0.3 is 18.1 Å². The molecule has 2 atom stereocenters. The molecule has 1 spiro atoms. The van der Waals surface area contributed by atoms with Crippen LogP contribution in [-0.2, 0) is 20.7 Å². The molecule has 7 fully saturated rings. The van der Waals surface area contributed by atoms with Crippen molar-refractivity contribution in [2.75, 3.05) is 109 Å². The third-order valence-electron chi connectivity index (χ3n) is 19.2. The number of methoxy groups -OCH3 is 2. The first-order valence-electron chi connectivity index (χ1n) is 30.6. The van der Waals surface area contributed by atoms with E-state index in [9.17, 15) is 19.2 Å². The van der Waals surface area contributed by atoms with Gasteiger partial charge in [0.1, 0.15) is 39.9 Å². The number of pyridine rings is 1. The summed E-state index contributed by atoms with van der Waals surface area (Å²) in [5, 5.41) is 3.98. The van der Waals surface area contributed by atoms with Gasteiger partial charge in [0.25, 0.3) is 5.91 Å². The maximum absolute atomic E-state index is 17.8. The number of likely N-dealkylation sites (tertiary alicyclic amines) is 1. The maximum Gasteiger partial charge on any atom is 0.410 e. The van der Waals surface area contributed by atoms with Crippen LogP contribution in [0.5, 0.6) is 17.5 Å². The molecule has 5 saturated heterocycles. The Bertz CT molecular complexity index is 3350. The molecule has 7 heterocycles. The number of imide groups is 1. The van der Waals surface area contributed by atoms with Crippen molar-refractivity contribution >= 4 is 57.1 Å². The molecule has 5 aliphatic heterocycles. The van der Waals surface area contributed by atoms with E-state index in [1.807, 2.05) is 37.5 Å². The fourth-order valence-electron chi connectivity index (χ4n) is 14.3. The van der Waals surface area contributed by atoms with E-state index in [-0.39, 0.29) is 77.8 Å². The van der Waals surface area contributed by atoms with Gasteiger partial charge in [-0.2, -0.15) is 9.97 Å². The molecule has 85 heavy (non-hydrogen) atoms. The second kappa shape index (κ2) is 23.7. The summed E-state index contributed by atoms with van der Waals surface area (Å²) in [4.78, 5) is 79.2. The van der Waals surface area contributed by atoms with E-state index >= 15 is 8.78 Å². The number of fused-ring (bicyclic) bond motifs is 4. The molecule has 19 nitrogen and oxygen atoms in total. The van der Waals surface area contributed by atoms with Crippen molar-refractivity contribution in [1.82, 2.24) is 39.9 Å². The molecule has 2 aromatic heterocycles. The summed E-state index contributed by atoms with van der Waals surface area (Å²) in [6.45, 7) is 16.3. The number of anilines is 2. The summed E-state index contributed by atoms with van der Waals surface area (Å²) in [6, 6.07) is 11.0. The number of hydrogen-bond acceptors (Lipinski definition) is 15. The Morgan fingerprint density at radius 3 is 2.22 bits per heavy atom. The molecule has 1 N–H and O–H groups in total. The average molecular weight is 1170 g/mol. The molecule has 0 radical (unpaired) electrons. The van der Waals surface area contributed by atoms with Crippen molar-refractivity contribution in [2.24, 2.45) is 16.7 Å². The van der Waals surface area contributed by atoms with Crippen LogP contribution in [0.25, 0.3) is 32.9 Å². The molecule has 3 aromatic carbocycles.